The quantitative estimate of drug-likeness (QED) is 0.454. The van der Waals surface area contributed by atoms with Gasteiger partial charge in [-0.3, -0.25) is 9.59 Å². The van der Waals surface area contributed by atoms with Gasteiger partial charge in [-0.1, -0.05) is 71.9 Å². The zero-order valence-electron chi connectivity index (χ0n) is 21.4. The minimum Gasteiger partial charge on any atom is -0.497 e. The molecule has 0 saturated carbocycles. The number of hydrazone groups is 1. The summed E-state index contributed by atoms with van der Waals surface area (Å²) in [5.41, 5.74) is 4.71. The molecule has 0 aromatic heterocycles. The largest absolute Gasteiger partial charge is 0.497 e. The van der Waals surface area contributed by atoms with E-state index < -0.39 is 5.25 Å². The summed E-state index contributed by atoms with van der Waals surface area (Å²) in [6, 6.07) is 23.4. The summed E-state index contributed by atoms with van der Waals surface area (Å²) in [5.74, 6) is 0.427. The topological polar surface area (TPSA) is 92.6 Å². The molecule has 0 radical (unpaired) electrons. The molecule has 0 bridgehead atoms. The van der Waals surface area contributed by atoms with Gasteiger partial charge in [-0.15, -0.1) is 0 Å². The van der Waals surface area contributed by atoms with Gasteiger partial charge in [0.2, 0.25) is 5.91 Å². The number of thioether (sulfide) groups is 1. The second-order valence-corrected chi connectivity index (χ2v) is 10.2. The Hall–Kier alpha value is -4.11. The van der Waals surface area contributed by atoms with E-state index in [0.717, 1.165) is 16.8 Å². The van der Waals surface area contributed by atoms with Crippen LogP contribution in [0.1, 0.15) is 35.6 Å². The molecule has 5 rings (SSSR count). The number of amides is 2. The minimum atomic E-state index is -0.642. The minimum absolute atomic E-state index is 0.0325. The van der Waals surface area contributed by atoms with Gasteiger partial charge in [0.15, 0.2) is 5.17 Å². The lowest BCUT2D eigenvalue weighted by molar-refractivity contribution is -0.121. The van der Waals surface area contributed by atoms with Gasteiger partial charge in [-0.05, 0) is 30.2 Å². The average molecular weight is 529 g/mol. The van der Waals surface area contributed by atoms with Crippen LogP contribution in [0.4, 0.5) is 5.69 Å². The van der Waals surface area contributed by atoms with Crippen molar-refractivity contribution in [1.82, 2.24) is 5.01 Å². The van der Waals surface area contributed by atoms with Gasteiger partial charge in [0, 0.05) is 18.9 Å². The number of carbonyl (C=O) groups is 2. The fourth-order valence-corrected chi connectivity index (χ4v) is 5.49. The highest BCUT2D eigenvalue weighted by molar-refractivity contribution is 8.15. The Morgan fingerprint density at radius 1 is 1.05 bits per heavy atom. The van der Waals surface area contributed by atoms with Crippen molar-refractivity contribution in [2.24, 2.45) is 10.1 Å². The lowest BCUT2D eigenvalue weighted by Crippen LogP contribution is -2.25. The van der Waals surface area contributed by atoms with Crippen molar-refractivity contribution in [3.8, 4) is 11.5 Å². The molecule has 0 spiro atoms. The molecule has 38 heavy (non-hydrogen) atoms. The number of hydrogen-bond acceptors (Lipinski definition) is 7. The average Bonchev–Trinajstić information content (AvgIpc) is 3.53. The summed E-state index contributed by atoms with van der Waals surface area (Å²) in [5, 5.41) is 9.42. The number of aryl methyl sites for hydroxylation is 1. The van der Waals surface area contributed by atoms with Crippen LogP contribution >= 0.6 is 11.8 Å². The van der Waals surface area contributed by atoms with E-state index in [9.17, 15) is 9.59 Å². The zero-order chi connectivity index (χ0) is 26.6. The first-order valence-electron chi connectivity index (χ1n) is 12.2. The Balaban J connectivity index is 1.33. The molecule has 0 aliphatic carbocycles. The first-order chi connectivity index (χ1) is 18.4. The lowest BCUT2D eigenvalue weighted by atomic mass is 9.98. The molecule has 1 N–H and O–H groups in total. The summed E-state index contributed by atoms with van der Waals surface area (Å²) in [6.45, 7) is 2.05. The number of carbonyl (C=O) groups excluding carboxylic acids is 2. The molecular formula is C29H28N4O4S. The van der Waals surface area contributed by atoms with Crippen LogP contribution in [-0.2, 0) is 9.59 Å². The number of anilines is 1. The van der Waals surface area contributed by atoms with Crippen LogP contribution in [0.25, 0.3) is 0 Å². The first kappa shape index (κ1) is 25.5. The Morgan fingerprint density at radius 2 is 1.82 bits per heavy atom. The number of amidine groups is 1. The van der Waals surface area contributed by atoms with Crippen molar-refractivity contribution in [2.45, 2.75) is 31.1 Å². The summed E-state index contributed by atoms with van der Waals surface area (Å²) in [7, 11) is 3.08. The van der Waals surface area contributed by atoms with E-state index in [1.165, 1.54) is 24.4 Å². The third-order valence-electron chi connectivity index (χ3n) is 6.46. The number of ether oxygens (including phenoxy) is 2. The SMILES string of the molecule is COc1ccc(OC)c(NC(=O)C[C@@H]2SC(N3N=C(c4ccc(C)cc4)C[C@H]3c3ccccc3)=NC2=O)c1. The molecule has 2 amide bonds. The molecule has 2 aliphatic rings. The van der Waals surface area contributed by atoms with Crippen molar-refractivity contribution in [3.63, 3.8) is 0 Å². The fraction of sp³-hybridized carbons (Fsp3) is 0.241. The van der Waals surface area contributed by atoms with Gasteiger partial charge in [0.25, 0.3) is 5.91 Å². The van der Waals surface area contributed by atoms with Crippen LogP contribution in [0.15, 0.2) is 82.9 Å². The number of benzene rings is 3. The number of nitrogens with one attached hydrogen (secondary N) is 1. The number of aliphatic imine (C=N–C) groups is 1. The van der Waals surface area contributed by atoms with Crippen molar-refractivity contribution in [1.29, 1.82) is 0 Å². The fourth-order valence-electron chi connectivity index (χ4n) is 4.43. The highest BCUT2D eigenvalue weighted by Gasteiger charge is 2.39. The summed E-state index contributed by atoms with van der Waals surface area (Å²) in [4.78, 5) is 30.1. The number of rotatable bonds is 7. The highest BCUT2D eigenvalue weighted by Crippen LogP contribution is 2.39. The Morgan fingerprint density at radius 3 is 2.53 bits per heavy atom. The Bertz CT molecular complexity index is 1410. The number of hydrogen-bond donors (Lipinski definition) is 1. The normalized spacial score (nSPS) is 18.7. The van der Waals surface area contributed by atoms with E-state index in [-0.39, 0.29) is 24.3 Å². The highest BCUT2D eigenvalue weighted by atomic mass is 32.2. The standard InChI is InChI=1S/C29H28N4O4S/c1-18-9-11-19(12-10-18)22-16-24(20-7-5-4-6-8-20)33(32-22)29-31-28(35)26(38-29)17-27(34)30-23-15-21(36-2)13-14-25(23)37-3/h4-15,24,26H,16-17H2,1-3H3,(H,30,34)/t24-,26-/m0/s1. The molecule has 2 aliphatic heterocycles. The molecule has 3 aromatic carbocycles. The second kappa shape index (κ2) is 11.1. The molecular weight excluding hydrogens is 500 g/mol. The predicted octanol–water partition coefficient (Wildman–Crippen LogP) is 5.19. The molecule has 3 aromatic rings. The predicted molar refractivity (Wildman–Crippen MR) is 150 cm³/mol. The van der Waals surface area contributed by atoms with Crippen LogP contribution in [0.2, 0.25) is 0 Å². The van der Waals surface area contributed by atoms with Crippen LogP contribution in [-0.4, -0.2) is 47.2 Å². The zero-order valence-corrected chi connectivity index (χ0v) is 22.2. The summed E-state index contributed by atoms with van der Waals surface area (Å²) >= 11 is 1.27. The van der Waals surface area contributed by atoms with Gasteiger partial charge < -0.3 is 14.8 Å². The lowest BCUT2D eigenvalue weighted by Gasteiger charge is -2.23. The first-order valence-corrected chi connectivity index (χ1v) is 13.1. The van der Waals surface area contributed by atoms with Gasteiger partial charge in [0.05, 0.1) is 31.7 Å². The van der Waals surface area contributed by atoms with E-state index >= 15 is 0 Å². The van der Waals surface area contributed by atoms with Gasteiger partial charge in [-0.25, -0.2) is 5.01 Å². The Kier molecular flexibility index (Phi) is 7.46. The van der Waals surface area contributed by atoms with Gasteiger partial charge in [0.1, 0.15) is 16.7 Å². The maximum atomic E-state index is 12.9. The maximum Gasteiger partial charge on any atom is 0.262 e. The van der Waals surface area contributed by atoms with E-state index in [4.69, 9.17) is 14.6 Å². The number of nitrogens with zero attached hydrogens (tertiary/aromatic N) is 3. The van der Waals surface area contributed by atoms with Crippen molar-refractivity contribution < 1.29 is 19.1 Å². The third-order valence-corrected chi connectivity index (χ3v) is 7.60. The second-order valence-electron chi connectivity index (χ2n) is 9.05. The number of methoxy groups -OCH3 is 2. The van der Waals surface area contributed by atoms with E-state index in [1.54, 1.807) is 25.3 Å². The van der Waals surface area contributed by atoms with Gasteiger partial charge in [-0.2, -0.15) is 10.1 Å². The van der Waals surface area contributed by atoms with Crippen LogP contribution < -0.4 is 14.8 Å². The summed E-state index contributed by atoms with van der Waals surface area (Å²) < 4.78 is 10.6. The maximum absolute atomic E-state index is 12.9. The van der Waals surface area contributed by atoms with E-state index in [0.29, 0.717) is 28.8 Å². The summed E-state index contributed by atoms with van der Waals surface area (Å²) in [6.07, 6.45) is 0.650. The molecule has 2 heterocycles. The molecule has 0 unspecified atom stereocenters. The molecule has 0 saturated heterocycles. The Labute approximate surface area is 225 Å². The van der Waals surface area contributed by atoms with Crippen molar-refractivity contribution in [3.05, 3.63) is 89.5 Å². The van der Waals surface area contributed by atoms with E-state index in [1.807, 2.05) is 23.2 Å². The van der Waals surface area contributed by atoms with Crippen molar-refractivity contribution in [2.75, 3.05) is 19.5 Å². The van der Waals surface area contributed by atoms with Gasteiger partial charge >= 0.3 is 0 Å². The molecule has 0 fully saturated rings. The monoisotopic (exact) mass is 528 g/mol. The molecule has 9 heteroatoms. The molecule has 2 atom stereocenters. The van der Waals surface area contributed by atoms with Crippen molar-refractivity contribution >= 4 is 40.1 Å². The van der Waals surface area contributed by atoms with Crippen LogP contribution in [0.3, 0.4) is 0 Å². The molecule has 8 nitrogen and oxygen atoms in total. The van der Waals surface area contributed by atoms with E-state index in [2.05, 4.69) is 53.6 Å². The smallest absolute Gasteiger partial charge is 0.262 e. The van der Waals surface area contributed by atoms with Crippen LogP contribution in [0.5, 0.6) is 11.5 Å². The molecule has 194 valence electrons. The third kappa shape index (κ3) is 5.43. The van der Waals surface area contributed by atoms with Crippen LogP contribution in [0, 0.1) is 6.92 Å².